The zero-order chi connectivity index (χ0) is 16.3. The Morgan fingerprint density at radius 1 is 1.65 bits per heavy atom. The Balaban J connectivity index is 1.76. The standard InChI is InChI=1S/C15H17N5OS2/c1-22-6-3-12(17-14(21)11-2-7-23-9-11)13-8-20(19-18-13)15(10-16)4-5-15/h2,7-9,12H,3-6H2,1H3,(H,17,21). The van der Waals surface area contributed by atoms with Crippen molar-refractivity contribution in [3.05, 3.63) is 34.3 Å². The van der Waals surface area contributed by atoms with Gasteiger partial charge in [-0.25, -0.2) is 4.68 Å². The third-order valence-corrected chi connectivity index (χ3v) is 5.26. The van der Waals surface area contributed by atoms with E-state index in [1.54, 1.807) is 28.7 Å². The molecule has 23 heavy (non-hydrogen) atoms. The van der Waals surface area contributed by atoms with Crippen molar-refractivity contribution in [2.45, 2.75) is 30.8 Å². The summed E-state index contributed by atoms with van der Waals surface area (Å²) >= 11 is 3.22. The molecule has 3 rings (SSSR count). The van der Waals surface area contributed by atoms with Crippen LogP contribution < -0.4 is 5.32 Å². The maximum Gasteiger partial charge on any atom is 0.252 e. The average Bonchev–Trinajstić information content (AvgIpc) is 2.99. The summed E-state index contributed by atoms with van der Waals surface area (Å²) in [5.74, 6) is 0.804. The minimum atomic E-state index is -0.521. The van der Waals surface area contributed by atoms with Gasteiger partial charge >= 0.3 is 0 Å². The van der Waals surface area contributed by atoms with Gasteiger partial charge in [-0.05, 0) is 42.7 Å². The molecule has 1 amide bonds. The molecular weight excluding hydrogens is 330 g/mol. The Hall–Kier alpha value is -1.85. The highest BCUT2D eigenvalue weighted by Crippen LogP contribution is 2.42. The fraction of sp³-hybridized carbons (Fsp3) is 0.467. The molecule has 0 radical (unpaired) electrons. The molecule has 6 nitrogen and oxygen atoms in total. The molecule has 2 heterocycles. The number of nitrogens with zero attached hydrogens (tertiary/aromatic N) is 4. The number of amides is 1. The first-order chi connectivity index (χ1) is 11.2. The van der Waals surface area contributed by atoms with Crippen molar-refractivity contribution < 1.29 is 4.79 Å². The minimum Gasteiger partial charge on any atom is -0.343 e. The predicted molar refractivity (Wildman–Crippen MR) is 90.4 cm³/mol. The van der Waals surface area contributed by atoms with Crippen LogP contribution in [0.15, 0.2) is 23.0 Å². The minimum absolute atomic E-state index is 0.103. The third kappa shape index (κ3) is 3.41. The molecule has 1 saturated carbocycles. The van der Waals surface area contributed by atoms with Gasteiger partial charge in [0.05, 0.1) is 23.9 Å². The zero-order valence-corrected chi connectivity index (χ0v) is 14.4. The average molecular weight is 347 g/mol. The number of carbonyl (C=O) groups is 1. The number of nitrogens with one attached hydrogen (secondary N) is 1. The van der Waals surface area contributed by atoms with Crippen molar-refractivity contribution in [2.24, 2.45) is 0 Å². The van der Waals surface area contributed by atoms with Gasteiger partial charge in [0, 0.05) is 5.38 Å². The van der Waals surface area contributed by atoms with Crippen LogP contribution in [0.4, 0.5) is 0 Å². The van der Waals surface area contributed by atoms with Crippen LogP contribution in [-0.2, 0) is 5.54 Å². The van der Waals surface area contributed by atoms with Crippen LogP contribution in [0.5, 0.6) is 0 Å². The van der Waals surface area contributed by atoms with Gasteiger partial charge in [-0.1, -0.05) is 5.21 Å². The Kier molecular flexibility index (Phi) is 4.68. The Labute approximate surface area is 142 Å². The van der Waals surface area contributed by atoms with Crippen molar-refractivity contribution in [1.29, 1.82) is 5.26 Å². The Bertz CT molecular complexity index is 715. The molecule has 0 saturated heterocycles. The van der Waals surface area contributed by atoms with Crippen LogP contribution in [0, 0.1) is 11.3 Å². The summed E-state index contributed by atoms with van der Waals surface area (Å²) < 4.78 is 1.64. The molecule has 0 spiro atoms. The van der Waals surface area contributed by atoms with E-state index in [-0.39, 0.29) is 11.9 Å². The molecule has 1 fully saturated rings. The van der Waals surface area contributed by atoms with E-state index in [0.717, 1.165) is 25.0 Å². The van der Waals surface area contributed by atoms with E-state index < -0.39 is 5.54 Å². The van der Waals surface area contributed by atoms with Crippen LogP contribution in [0.2, 0.25) is 0 Å². The second-order valence-corrected chi connectivity index (χ2v) is 7.32. The van der Waals surface area contributed by atoms with E-state index >= 15 is 0 Å². The van der Waals surface area contributed by atoms with Crippen molar-refractivity contribution in [1.82, 2.24) is 20.3 Å². The number of hydrogen-bond donors (Lipinski definition) is 1. The van der Waals surface area contributed by atoms with Crippen LogP contribution in [0.3, 0.4) is 0 Å². The van der Waals surface area contributed by atoms with Crippen LogP contribution in [0.1, 0.15) is 41.4 Å². The molecule has 1 N–H and O–H groups in total. The summed E-state index contributed by atoms with van der Waals surface area (Å²) in [7, 11) is 0. The molecule has 120 valence electrons. The van der Waals surface area contributed by atoms with Crippen LogP contribution in [-0.4, -0.2) is 32.9 Å². The van der Waals surface area contributed by atoms with Gasteiger partial charge in [-0.2, -0.15) is 28.4 Å². The number of hydrogen-bond acceptors (Lipinski definition) is 6. The smallest absolute Gasteiger partial charge is 0.252 e. The lowest BCUT2D eigenvalue weighted by molar-refractivity contribution is 0.0935. The lowest BCUT2D eigenvalue weighted by Crippen LogP contribution is -2.29. The summed E-state index contributed by atoms with van der Waals surface area (Å²) in [6.07, 6.45) is 6.22. The second kappa shape index (κ2) is 6.72. The topological polar surface area (TPSA) is 83.6 Å². The number of aromatic nitrogens is 3. The van der Waals surface area contributed by atoms with Gasteiger partial charge in [0.2, 0.25) is 0 Å². The lowest BCUT2D eigenvalue weighted by atomic mass is 10.1. The summed E-state index contributed by atoms with van der Waals surface area (Å²) in [5, 5.41) is 24.3. The summed E-state index contributed by atoms with van der Waals surface area (Å²) in [4.78, 5) is 12.3. The number of rotatable bonds is 7. The summed E-state index contributed by atoms with van der Waals surface area (Å²) in [5.41, 5.74) is 0.850. The third-order valence-electron chi connectivity index (χ3n) is 3.94. The maximum atomic E-state index is 12.3. The van der Waals surface area contributed by atoms with Crippen molar-refractivity contribution >= 4 is 29.0 Å². The Morgan fingerprint density at radius 3 is 3.09 bits per heavy atom. The van der Waals surface area contributed by atoms with Gasteiger partial charge in [-0.15, -0.1) is 5.10 Å². The molecule has 1 aliphatic rings. The highest BCUT2D eigenvalue weighted by molar-refractivity contribution is 7.98. The first kappa shape index (κ1) is 16.0. The molecule has 1 atom stereocenters. The second-order valence-electron chi connectivity index (χ2n) is 5.55. The number of thioether (sulfide) groups is 1. The zero-order valence-electron chi connectivity index (χ0n) is 12.7. The van der Waals surface area contributed by atoms with Crippen molar-refractivity contribution in [3.8, 4) is 6.07 Å². The molecule has 2 aromatic heterocycles. The van der Waals surface area contributed by atoms with Crippen LogP contribution >= 0.6 is 23.1 Å². The number of carbonyl (C=O) groups excluding carboxylic acids is 1. The first-order valence-corrected chi connectivity index (χ1v) is 9.68. The van der Waals surface area contributed by atoms with Crippen LogP contribution in [0.25, 0.3) is 0 Å². The molecule has 2 aromatic rings. The highest BCUT2D eigenvalue weighted by atomic mass is 32.2. The van der Waals surface area contributed by atoms with Gasteiger partial charge in [0.15, 0.2) is 5.54 Å². The summed E-state index contributed by atoms with van der Waals surface area (Å²) in [6, 6.07) is 3.90. The van der Waals surface area contributed by atoms with Crippen molar-refractivity contribution in [2.75, 3.05) is 12.0 Å². The van der Waals surface area contributed by atoms with E-state index in [2.05, 4.69) is 21.7 Å². The quantitative estimate of drug-likeness (QED) is 0.832. The lowest BCUT2D eigenvalue weighted by Gasteiger charge is -2.15. The molecule has 0 bridgehead atoms. The molecule has 0 aromatic carbocycles. The van der Waals surface area contributed by atoms with E-state index in [1.165, 1.54) is 11.3 Å². The first-order valence-electron chi connectivity index (χ1n) is 7.34. The largest absolute Gasteiger partial charge is 0.343 e. The molecule has 8 heteroatoms. The number of nitriles is 1. The van der Waals surface area contributed by atoms with E-state index in [4.69, 9.17) is 0 Å². The molecule has 1 unspecified atom stereocenters. The highest BCUT2D eigenvalue weighted by Gasteiger charge is 2.46. The predicted octanol–water partition coefficient (Wildman–Crippen LogP) is 2.58. The summed E-state index contributed by atoms with van der Waals surface area (Å²) in [6.45, 7) is 0. The molecular formula is C15H17N5OS2. The SMILES string of the molecule is CSCCC(NC(=O)c1ccsc1)c1cn(C2(C#N)CC2)nn1. The molecule has 1 aliphatic carbocycles. The van der Waals surface area contributed by atoms with Gasteiger partial charge in [-0.3, -0.25) is 4.79 Å². The van der Waals surface area contributed by atoms with Gasteiger partial charge < -0.3 is 5.32 Å². The number of thiophene rings is 1. The van der Waals surface area contributed by atoms with E-state index in [1.807, 2.05) is 17.0 Å². The normalized spacial score (nSPS) is 16.5. The van der Waals surface area contributed by atoms with Gasteiger partial charge in [0.25, 0.3) is 5.91 Å². The van der Waals surface area contributed by atoms with Crippen molar-refractivity contribution in [3.63, 3.8) is 0 Å². The fourth-order valence-corrected chi connectivity index (χ4v) is 3.43. The van der Waals surface area contributed by atoms with Gasteiger partial charge in [0.1, 0.15) is 5.69 Å². The maximum absolute atomic E-state index is 12.3. The molecule has 0 aliphatic heterocycles. The van der Waals surface area contributed by atoms with E-state index in [0.29, 0.717) is 11.3 Å². The Morgan fingerprint density at radius 2 is 2.48 bits per heavy atom. The van der Waals surface area contributed by atoms with E-state index in [9.17, 15) is 10.1 Å². The monoisotopic (exact) mass is 347 g/mol. The fourth-order valence-electron chi connectivity index (χ4n) is 2.32.